The summed E-state index contributed by atoms with van der Waals surface area (Å²) >= 11 is 0. The van der Waals surface area contributed by atoms with E-state index in [9.17, 15) is 5.11 Å². The minimum Gasteiger partial charge on any atom is -0.394 e. The van der Waals surface area contributed by atoms with Gasteiger partial charge in [0.1, 0.15) is 12.0 Å². The van der Waals surface area contributed by atoms with Gasteiger partial charge in [-0.25, -0.2) is 26.4 Å². The Labute approximate surface area is 113 Å². The molecule has 0 spiro atoms. The van der Waals surface area contributed by atoms with E-state index in [-0.39, 0.29) is 12.7 Å². The summed E-state index contributed by atoms with van der Waals surface area (Å²) < 4.78 is 5.67. The molecule has 11 nitrogen and oxygen atoms in total. The molecule has 0 aromatic rings. The fraction of sp³-hybridized carbons (Fsp3) is 0.556. The molecule has 0 aromatic carbocycles. The number of fused-ring (bicyclic) bond motifs is 1. The Morgan fingerprint density at radius 3 is 3.30 bits per heavy atom. The van der Waals surface area contributed by atoms with E-state index >= 15 is 0 Å². The van der Waals surface area contributed by atoms with Crippen LogP contribution in [0.1, 0.15) is 6.42 Å². The predicted molar refractivity (Wildman–Crippen MR) is 68.3 cm³/mol. The molecule has 4 N–H and O–H groups in total. The molecule has 106 valence electrons. The van der Waals surface area contributed by atoms with E-state index in [1.807, 2.05) is 0 Å². The van der Waals surface area contributed by atoms with Crippen LogP contribution in [-0.2, 0) is 4.74 Å². The second-order valence-corrected chi connectivity index (χ2v) is 4.43. The first kappa shape index (κ1) is 12.7. The standard InChI is InChI=1S/C9H13N9O2/c10-15-13-6-1-5(3-19)20-9(6)18-7-2-12-4-17(11)8(7)14-16-18/h2,4-6,9,16,19H,1,3,11H2/t5-,6-,9+/m0/s1. The number of aliphatic imine (C=N–C) groups is 1. The average molecular weight is 279 g/mol. The summed E-state index contributed by atoms with van der Waals surface area (Å²) in [6.07, 6.45) is 2.46. The number of rotatable bonds is 3. The zero-order valence-electron chi connectivity index (χ0n) is 10.4. The van der Waals surface area contributed by atoms with E-state index in [1.54, 1.807) is 11.2 Å². The number of amidine groups is 1. The Morgan fingerprint density at radius 1 is 1.70 bits per heavy atom. The number of hydrogen-bond acceptors (Lipinski definition) is 9. The van der Waals surface area contributed by atoms with E-state index in [4.69, 9.17) is 16.1 Å². The van der Waals surface area contributed by atoms with Crippen LogP contribution in [-0.4, -0.2) is 52.3 Å². The molecule has 3 atom stereocenters. The quantitative estimate of drug-likeness (QED) is 0.260. The van der Waals surface area contributed by atoms with Crippen LogP contribution in [0.2, 0.25) is 0 Å². The van der Waals surface area contributed by atoms with Crippen molar-refractivity contribution in [3.63, 3.8) is 0 Å². The number of nitrogens with zero attached hydrogens (tertiary/aromatic N) is 7. The van der Waals surface area contributed by atoms with Crippen molar-refractivity contribution < 1.29 is 9.84 Å². The molecule has 0 aromatic heterocycles. The third kappa shape index (κ3) is 1.94. The van der Waals surface area contributed by atoms with Gasteiger partial charge in [-0.1, -0.05) is 5.11 Å². The highest BCUT2D eigenvalue weighted by Crippen LogP contribution is 2.30. The third-order valence-corrected chi connectivity index (χ3v) is 3.21. The lowest BCUT2D eigenvalue weighted by Crippen LogP contribution is -2.47. The van der Waals surface area contributed by atoms with Crippen LogP contribution in [0, 0.1) is 0 Å². The highest BCUT2D eigenvalue weighted by Gasteiger charge is 2.43. The van der Waals surface area contributed by atoms with Gasteiger partial charge >= 0.3 is 0 Å². The van der Waals surface area contributed by atoms with E-state index in [0.717, 1.165) is 0 Å². The Hall–Kier alpha value is -2.33. The van der Waals surface area contributed by atoms with Gasteiger partial charge in [0.05, 0.1) is 25.0 Å². The highest BCUT2D eigenvalue weighted by atomic mass is 16.5. The molecule has 11 heteroatoms. The molecule has 1 fully saturated rings. The average Bonchev–Trinajstić information content (AvgIpc) is 3.03. The van der Waals surface area contributed by atoms with Gasteiger partial charge in [-0.2, -0.15) is 0 Å². The monoisotopic (exact) mass is 279 g/mol. The van der Waals surface area contributed by atoms with Crippen LogP contribution >= 0.6 is 0 Å². The second-order valence-electron chi connectivity index (χ2n) is 4.43. The van der Waals surface area contributed by atoms with E-state index in [1.165, 1.54) is 11.3 Å². The molecule has 3 heterocycles. The number of aliphatic hydroxyl groups excluding tert-OH is 1. The lowest BCUT2D eigenvalue weighted by molar-refractivity contribution is -0.0711. The summed E-state index contributed by atoms with van der Waals surface area (Å²) in [5.74, 6) is 6.19. The van der Waals surface area contributed by atoms with Crippen molar-refractivity contribution in [3.8, 4) is 0 Å². The summed E-state index contributed by atoms with van der Waals surface area (Å²) in [4.78, 5) is 6.79. The molecular formula is C9H13N9O2. The van der Waals surface area contributed by atoms with Crippen molar-refractivity contribution >= 4 is 12.2 Å². The molecule has 0 amide bonds. The maximum absolute atomic E-state index is 9.19. The summed E-state index contributed by atoms with van der Waals surface area (Å²) in [5.41, 5.74) is 12.0. The zero-order valence-corrected chi connectivity index (χ0v) is 10.4. The van der Waals surface area contributed by atoms with Gasteiger partial charge in [0.2, 0.25) is 0 Å². The molecule has 3 aliphatic rings. The minimum atomic E-state index is -0.586. The smallest absolute Gasteiger partial charge is 0.197 e. The van der Waals surface area contributed by atoms with Crippen LogP contribution in [0.3, 0.4) is 0 Å². The van der Waals surface area contributed by atoms with E-state index < -0.39 is 12.3 Å². The Kier molecular flexibility index (Phi) is 3.16. The van der Waals surface area contributed by atoms with Crippen molar-refractivity contribution in [1.82, 2.24) is 15.6 Å². The molecule has 0 aliphatic carbocycles. The number of azide groups is 1. The number of ether oxygens (including phenoxy) is 1. The lowest BCUT2D eigenvalue weighted by atomic mass is 10.1. The molecule has 20 heavy (non-hydrogen) atoms. The van der Waals surface area contributed by atoms with Crippen molar-refractivity contribution in [2.75, 3.05) is 6.61 Å². The highest BCUT2D eigenvalue weighted by molar-refractivity contribution is 6.05. The minimum absolute atomic E-state index is 0.143. The van der Waals surface area contributed by atoms with Crippen molar-refractivity contribution in [3.05, 3.63) is 22.3 Å². The topological polar surface area (TPSA) is 147 Å². The van der Waals surface area contributed by atoms with Crippen LogP contribution in [0.5, 0.6) is 0 Å². The van der Waals surface area contributed by atoms with E-state index in [2.05, 4.69) is 25.7 Å². The molecule has 3 aliphatic heterocycles. The molecule has 0 saturated carbocycles. The molecule has 3 rings (SSSR count). The second kappa shape index (κ2) is 4.98. The number of nitrogens with two attached hydrogens (primary N) is 1. The number of hydrazone groups is 1. The number of aliphatic hydroxyl groups is 1. The molecule has 0 radical (unpaired) electrons. The largest absolute Gasteiger partial charge is 0.394 e. The maximum Gasteiger partial charge on any atom is 0.197 e. The van der Waals surface area contributed by atoms with Gasteiger partial charge in [0.25, 0.3) is 0 Å². The fourth-order valence-corrected chi connectivity index (χ4v) is 2.30. The van der Waals surface area contributed by atoms with Crippen molar-refractivity contribution in [2.45, 2.75) is 24.8 Å². The van der Waals surface area contributed by atoms with Crippen LogP contribution in [0.15, 0.2) is 27.1 Å². The third-order valence-electron chi connectivity index (χ3n) is 3.21. The molecule has 0 bridgehead atoms. The Balaban J connectivity index is 1.84. The number of hydrazine groups is 2. The van der Waals surface area contributed by atoms with Gasteiger partial charge in [-0.15, -0.1) is 5.10 Å². The zero-order chi connectivity index (χ0) is 14.1. The number of hydrogen-bond donors (Lipinski definition) is 3. The Bertz CT molecular complexity index is 538. The van der Waals surface area contributed by atoms with Crippen LogP contribution < -0.4 is 11.4 Å². The summed E-state index contributed by atoms with van der Waals surface area (Å²) in [5, 5.41) is 19.8. The van der Waals surface area contributed by atoms with Crippen molar-refractivity contribution in [1.29, 1.82) is 0 Å². The van der Waals surface area contributed by atoms with Crippen LogP contribution in [0.25, 0.3) is 10.4 Å². The first-order valence-corrected chi connectivity index (χ1v) is 5.95. The summed E-state index contributed by atoms with van der Waals surface area (Å²) in [6, 6.07) is -0.447. The normalized spacial score (nSPS) is 31.4. The van der Waals surface area contributed by atoms with Gasteiger partial charge in [0.15, 0.2) is 12.1 Å². The number of nitrogens with one attached hydrogen (secondary N) is 1. The first-order chi connectivity index (χ1) is 9.74. The van der Waals surface area contributed by atoms with Gasteiger partial charge < -0.3 is 9.84 Å². The van der Waals surface area contributed by atoms with Crippen LogP contribution in [0.4, 0.5) is 0 Å². The van der Waals surface area contributed by atoms with Crippen molar-refractivity contribution in [2.24, 2.45) is 21.1 Å². The molecular weight excluding hydrogens is 266 g/mol. The molecule has 0 unspecified atom stereocenters. The maximum atomic E-state index is 9.19. The fourth-order valence-electron chi connectivity index (χ4n) is 2.30. The summed E-state index contributed by atoms with van der Waals surface area (Å²) in [6.45, 7) is -0.143. The summed E-state index contributed by atoms with van der Waals surface area (Å²) in [7, 11) is 0. The predicted octanol–water partition coefficient (Wildman–Crippen LogP) is -1.03. The van der Waals surface area contributed by atoms with Gasteiger partial charge in [0, 0.05) is 4.91 Å². The Morgan fingerprint density at radius 2 is 2.55 bits per heavy atom. The lowest BCUT2D eigenvalue weighted by Gasteiger charge is -2.29. The van der Waals surface area contributed by atoms with E-state index in [0.29, 0.717) is 18.0 Å². The van der Waals surface area contributed by atoms with Gasteiger partial charge in [-0.05, 0) is 12.0 Å². The SMILES string of the molecule is [N-]=[N+]=N[C@H]1C[C@@H](CO)O[C@H]1N1NN=C2C1=CN=CN2N. The first-order valence-electron chi connectivity index (χ1n) is 5.95. The van der Waals surface area contributed by atoms with Gasteiger partial charge in [-0.3, -0.25) is 0 Å². The molecule has 1 saturated heterocycles.